The van der Waals surface area contributed by atoms with Gasteiger partial charge in [0.1, 0.15) is 5.75 Å². The first-order valence-corrected chi connectivity index (χ1v) is 5.61. The molecule has 3 heteroatoms. The first-order valence-electron chi connectivity index (χ1n) is 5.61. The molecule has 2 N–H and O–H groups in total. The van der Waals surface area contributed by atoms with E-state index in [0.717, 1.165) is 25.0 Å². The summed E-state index contributed by atoms with van der Waals surface area (Å²) < 4.78 is 5.54. The Morgan fingerprint density at radius 1 is 1.31 bits per heavy atom. The van der Waals surface area contributed by atoms with Gasteiger partial charge in [-0.1, -0.05) is 0 Å². The van der Waals surface area contributed by atoms with Crippen LogP contribution in [0.25, 0.3) is 0 Å². The topological polar surface area (TPSA) is 59.0 Å². The average molecular weight is 218 g/mol. The van der Waals surface area contributed by atoms with Crippen LogP contribution in [0.15, 0.2) is 24.3 Å². The van der Waals surface area contributed by atoms with Gasteiger partial charge in [-0.25, -0.2) is 0 Å². The first-order chi connectivity index (χ1) is 7.72. The third-order valence-electron chi connectivity index (χ3n) is 2.31. The first kappa shape index (κ1) is 12.5. The van der Waals surface area contributed by atoms with Crippen LogP contribution in [-0.2, 0) is 0 Å². The molecule has 0 saturated carbocycles. The lowest BCUT2D eigenvalue weighted by atomic mass is 10.1. The largest absolute Gasteiger partial charge is 0.494 e. The summed E-state index contributed by atoms with van der Waals surface area (Å²) in [6.07, 6.45) is 3.15. The number of unbranched alkanes of at least 4 members (excludes halogenated alkanes) is 1. The molecule has 1 aromatic rings. The maximum Gasteiger partial charge on any atom is 0.119 e. The second kappa shape index (κ2) is 6.86. The molecule has 1 aromatic carbocycles. The Hall–Kier alpha value is -1.53. The van der Waals surface area contributed by atoms with E-state index >= 15 is 0 Å². The molecular formula is C13H18N2O. The van der Waals surface area contributed by atoms with Crippen LogP contribution in [0.2, 0.25) is 0 Å². The minimum Gasteiger partial charge on any atom is -0.494 e. The van der Waals surface area contributed by atoms with Gasteiger partial charge >= 0.3 is 0 Å². The van der Waals surface area contributed by atoms with Crippen molar-refractivity contribution in [1.82, 2.24) is 0 Å². The van der Waals surface area contributed by atoms with E-state index < -0.39 is 0 Å². The minimum absolute atomic E-state index is 0.273. The van der Waals surface area contributed by atoms with Crippen molar-refractivity contribution < 1.29 is 4.74 Å². The van der Waals surface area contributed by atoms with Crippen LogP contribution in [-0.4, -0.2) is 12.6 Å². The van der Waals surface area contributed by atoms with E-state index in [1.807, 2.05) is 19.1 Å². The van der Waals surface area contributed by atoms with Gasteiger partial charge in [-0.05, 0) is 50.5 Å². The number of benzene rings is 1. The predicted molar refractivity (Wildman–Crippen MR) is 64.2 cm³/mol. The zero-order valence-electron chi connectivity index (χ0n) is 9.65. The zero-order chi connectivity index (χ0) is 11.8. The van der Waals surface area contributed by atoms with Gasteiger partial charge in [-0.3, -0.25) is 0 Å². The molecule has 3 nitrogen and oxygen atoms in total. The summed E-state index contributed by atoms with van der Waals surface area (Å²) in [5, 5.41) is 8.62. The Morgan fingerprint density at radius 3 is 2.56 bits per heavy atom. The van der Waals surface area contributed by atoms with Gasteiger partial charge in [-0.15, -0.1) is 0 Å². The summed E-state index contributed by atoms with van der Waals surface area (Å²) in [4.78, 5) is 0. The van der Waals surface area contributed by atoms with Crippen LogP contribution in [0.5, 0.6) is 5.75 Å². The van der Waals surface area contributed by atoms with E-state index in [-0.39, 0.29) is 6.04 Å². The highest BCUT2D eigenvalue weighted by Crippen LogP contribution is 2.12. The molecule has 0 spiro atoms. The maximum atomic E-state index is 8.62. The van der Waals surface area contributed by atoms with E-state index in [1.165, 1.54) is 0 Å². The number of hydrogen-bond donors (Lipinski definition) is 1. The molecule has 0 aromatic heterocycles. The second-order valence-electron chi connectivity index (χ2n) is 3.96. The average Bonchev–Trinajstić information content (AvgIpc) is 2.29. The van der Waals surface area contributed by atoms with Crippen LogP contribution < -0.4 is 10.5 Å². The van der Waals surface area contributed by atoms with Gasteiger partial charge in [0.2, 0.25) is 0 Å². The molecule has 1 atom stereocenters. The van der Waals surface area contributed by atoms with Gasteiger partial charge in [0.05, 0.1) is 18.2 Å². The number of ether oxygens (including phenoxy) is 1. The normalized spacial score (nSPS) is 11.8. The highest BCUT2D eigenvalue weighted by molar-refractivity contribution is 5.34. The lowest BCUT2D eigenvalue weighted by molar-refractivity contribution is 0.303. The van der Waals surface area contributed by atoms with E-state index in [4.69, 9.17) is 15.7 Å². The molecular weight excluding hydrogens is 200 g/mol. The van der Waals surface area contributed by atoms with Crippen molar-refractivity contribution in [3.05, 3.63) is 29.8 Å². The van der Waals surface area contributed by atoms with E-state index in [2.05, 4.69) is 6.07 Å². The van der Waals surface area contributed by atoms with Crippen LogP contribution in [0.1, 0.15) is 31.7 Å². The summed E-state index contributed by atoms with van der Waals surface area (Å²) in [6.45, 7) is 2.72. The Bertz CT molecular complexity index is 338. The van der Waals surface area contributed by atoms with Crippen molar-refractivity contribution in [1.29, 1.82) is 5.26 Å². The Labute approximate surface area is 96.8 Å². The second-order valence-corrected chi connectivity index (χ2v) is 3.96. The molecule has 0 unspecified atom stereocenters. The molecule has 0 fully saturated rings. The van der Waals surface area contributed by atoms with Crippen molar-refractivity contribution in [2.45, 2.75) is 32.2 Å². The molecule has 0 radical (unpaired) electrons. The monoisotopic (exact) mass is 218 g/mol. The van der Waals surface area contributed by atoms with Crippen molar-refractivity contribution >= 4 is 0 Å². The molecule has 0 aliphatic heterocycles. The molecule has 0 amide bonds. The molecule has 0 aliphatic carbocycles. The lowest BCUT2D eigenvalue weighted by Gasteiger charge is -2.07. The summed E-state index contributed by atoms with van der Waals surface area (Å²) in [6, 6.07) is 9.52. The molecule has 0 heterocycles. The number of hydrogen-bond acceptors (Lipinski definition) is 3. The van der Waals surface area contributed by atoms with Crippen LogP contribution >= 0.6 is 0 Å². The third-order valence-corrected chi connectivity index (χ3v) is 2.31. The molecule has 16 heavy (non-hydrogen) atoms. The fraction of sp³-hybridized carbons (Fsp3) is 0.462. The maximum absolute atomic E-state index is 8.62. The van der Waals surface area contributed by atoms with E-state index in [1.54, 1.807) is 12.1 Å². The van der Waals surface area contributed by atoms with Crippen molar-refractivity contribution in [2.24, 2.45) is 5.73 Å². The van der Waals surface area contributed by atoms with Gasteiger partial charge in [0.15, 0.2) is 0 Å². The minimum atomic E-state index is 0.273. The number of rotatable bonds is 6. The van der Waals surface area contributed by atoms with E-state index in [9.17, 15) is 0 Å². The number of nitriles is 1. The predicted octanol–water partition coefficient (Wildman–Crippen LogP) is 2.45. The summed E-state index contributed by atoms with van der Waals surface area (Å²) >= 11 is 0. The van der Waals surface area contributed by atoms with Crippen molar-refractivity contribution in [3.8, 4) is 11.8 Å². The van der Waals surface area contributed by atoms with Crippen molar-refractivity contribution in [2.75, 3.05) is 6.61 Å². The van der Waals surface area contributed by atoms with Crippen molar-refractivity contribution in [3.63, 3.8) is 0 Å². The molecule has 0 saturated heterocycles. The smallest absolute Gasteiger partial charge is 0.119 e. The van der Waals surface area contributed by atoms with Gasteiger partial charge in [0.25, 0.3) is 0 Å². The van der Waals surface area contributed by atoms with Crippen LogP contribution in [0.3, 0.4) is 0 Å². The standard InChI is InChI=1S/C13H18N2O/c1-11(15)4-2-3-9-16-13-7-5-12(10-14)6-8-13/h5-8,11H,2-4,9,15H2,1H3/t11-/m1/s1. The molecule has 0 bridgehead atoms. The fourth-order valence-electron chi connectivity index (χ4n) is 1.38. The molecule has 1 rings (SSSR count). The highest BCUT2D eigenvalue weighted by Gasteiger charge is 1.96. The highest BCUT2D eigenvalue weighted by atomic mass is 16.5. The van der Waals surface area contributed by atoms with Gasteiger partial charge in [-0.2, -0.15) is 5.26 Å². The van der Waals surface area contributed by atoms with E-state index in [0.29, 0.717) is 12.2 Å². The molecule has 0 aliphatic rings. The Kier molecular flexibility index (Phi) is 5.38. The summed E-state index contributed by atoms with van der Waals surface area (Å²) in [5.41, 5.74) is 6.30. The SMILES string of the molecule is C[C@@H](N)CCCCOc1ccc(C#N)cc1. The Balaban J connectivity index is 2.20. The fourth-order valence-corrected chi connectivity index (χ4v) is 1.38. The Morgan fingerprint density at radius 2 is 2.00 bits per heavy atom. The molecule has 86 valence electrons. The number of nitrogens with zero attached hydrogens (tertiary/aromatic N) is 1. The van der Waals surface area contributed by atoms with Gasteiger partial charge < -0.3 is 10.5 Å². The third kappa shape index (κ3) is 4.81. The lowest BCUT2D eigenvalue weighted by Crippen LogP contribution is -2.14. The quantitative estimate of drug-likeness (QED) is 0.746. The zero-order valence-corrected chi connectivity index (χ0v) is 9.65. The van der Waals surface area contributed by atoms with Crippen LogP contribution in [0, 0.1) is 11.3 Å². The summed E-state index contributed by atoms with van der Waals surface area (Å²) in [7, 11) is 0. The summed E-state index contributed by atoms with van der Waals surface area (Å²) in [5.74, 6) is 0.819. The van der Waals surface area contributed by atoms with Crippen LogP contribution in [0.4, 0.5) is 0 Å². The van der Waals surface area contributed by atoms with Gasteiger partial charge in [0, 0.05) is 6.04 Å². The number of nitrogens with two attached hydrogens (primary N) is 1.